The highest BCUT2D eigenvalue weighted by Gasteiger charge is 2.18. The molecule has 0 aliphatic rings. The molecule has 0 heterocycles. The van der Waals surface area contributed by atoms with Crippen molar-refractivity contribution in [1.29, 1.82) is 0 Å². The zero-order valence-electron chi connectivity index (χ0n) is 19.6. The third-order valence-electron chi connectivity index (χ3n) is 4.92. The molecule has 176 valence electrons. The third-order valence-corrected chi connectivity index (χ3v) is 4.92. The van der Waals surface area contributed by atoms with Crippen LogP contribution in [-0.4, -0.2) is 61.0 Å². The molecule has 31 heavy (non-hydrogen) atoms. The molecule has 1 rings (SSSR count). The number of benzene rings is 1. The second kappa shape index (κ2) is 15.5. The largest absolute Gasteiger partial charge is 0.492 e. The Hall–Kier alpha value is -2.28. The second-order valence-corrected chi connectivity index (χ2v) is 8.09. The van der Waals surface area contributed by atoms with E-state index in [-0.39, 0.29) is 6.03 Å². The van der Waals surface area contributed by atoms with E-state index in [0.717, 1.165) is 31.2 Å². The van der Waals surface area contributed by atoms with E-state index in [1.807, 2.05) is 29.2 Å². The summed E-state index contributed by atoms with van der Waals surface area (Å²) in [6.45, 7) is 10.9. The molecule has 1 aromatic carbocycles. The SMILES string of the molecule is CCCCNC(=O)N(CCCC(C)C)CCOc1ccc(CC(OCC)C(=O)O)cc1. The van der Waals surface area contributed by atoms with Gasteiger partial charge in [0.25, 0.3) is 0 Å². The van der Waals surface area contributed by atoms with Gasteiger partial charge >= 0.3 is 12.0 Å². The van der Waals surface area contributed by atoms with Gasteiger partial charge in [0.1, 0.15) is 12.4 Å². The van der Waals surface area contributed by atoms with E-state index in [4.69, 9.17) is 9.47 Å². The van der Waals surface area contributed by atoms with E-state index >= 15 is 0 Å². The molecular formula is C24H40N2O5. The number of urea groups is 1. The third kappa shape index (κ3) is 11.6. The maximum atomic E-state index is 12.5. The quantitative estimate of drug-likeness (QED) is 0.376. The first-order chi connectivity index (χ1) is 14.9. The minimum absolute atomic E-state index is 0.0354. The van der Waals surface area contributed by atoms with Crippen LogP contribution in [0.15, 0.2) is 24.3 Å². The second-order valence-electron chi connectivity index (χ2n) is 8.09. The van der Waals surface area contributed by atoms with Crippen LogP contribution in [0.25, 0.3) is 0 Å². The highest BCUT2D eigenvalue weighted by Crippen LogP contribution is 2.15. The number of rotatable bonds is 16. The maximum Gasteiger partial charge on any atom is 0.333 e. The molecule has 2 N–H and O–H groups in total. The standard InChI is InChI=1S/C24H40N2O5/c1-5-7-14-25-24(29)26(15-8-9-19(3)4)16-17-31-21-12-10-20(11-13-21)18-22(23(27)28)30-6-2/h10-13,19,22H,5-9,14-18H2,1-4H3,(H,25,29)(H,27,28). The highest BCUT2D eigenvalue weighted by atomic mass is 16.5. The molecule has 0 aliphatic heterocycles. The number of ether oxygens (including phenoxy) is 2. The molecule has 7 heteroatoms. The van der Waals surface area contributed by atoms with Crippen LogP contribution in [0.4, 0.5) is 4.79 Å². The first-order valence-electron chi connectivity index (χ1n) is 11.5. The van der Waals surface area contributed by atoms with Crippen LogP contribution in [0.3, 0.4) is 0 Å². The fraction of sp³-hybridized carbons (Fsp3) is 0.667. The molecule has 1 atom stereocenters. The Morgan fingerprint density at radius 3 is 2.39 bits per heavy atom. The fourth-order valence-electron chi connectivity index (χ4n) is 3.12. The van der Waals surface area contributed by atoms with Crippen molar-refractivity contribution in [3.63, 3.8) is 0 Å². The summed E-state index contributed by atoms with van der Waals surface area (Å²) < 4.78 is 11.1. The Morgan fingerprint density at radius 1 is 1.10 bits per heavy atom. The molecule has 7 nitrogen and oxygen atoms in total. The van der Waals surface area contributed by atoms with Gasteiger partial charge in [-0.3, -0.25) is 0 Å². The van der Waals surface area contributed by atoms with Crippen molar-refractivity contribution < 1.29 is 24.2 Å². The fourth-order valence-corrected chi connectivity index (χ4v) is 3.12. The van der Waals surface area contributed by atoms with Gasteiger partial charge in [-0.05, 0) is 49.8 Å². The first-order valence-corrected chi connectivity index (χ1v) is 11.5. The van der Waals surface area contributed by atoms with Crippen LogP contribution in [0.2, 0.25) is 0 Å². The van der Waals surface area contributed by atoms with E-state index in [0.29, 0.717) is 50.9 Å². The van der Waals surface area contributed by atoms with Gasteiger partial charge in [-0.25, -0.2) is 9.59 Å². The summed E-state index contributed by atoms with van der Waals surface area (Å²) in [4.78, 5) is 25.5. The van der Waals surface area contributed by atoms with E-state index in [1.165, 1.54) is 0 Å². The van der Waals surface area contributed by atoms with Crippen LogP contribution < -0.4 is 10.1 Å². The Balaban J connectivity index is 2.54. The molecule has 2 amide bonds. The van der Waals surface area contributed by atoms with Gasteiger partial charge in [-0.1, -0.05) is 39.3 Å². The predicted molar refractivity (Wildman–Crippen MR) is 123 cm³/mol. The topological polar surface area (TPSA) is 88.1 Å². The number of aliphatic carboxylic acids is 1. The van der Waals surface area contributed by atoms with Crippen molar-refractivity contribution in [1.82, 2.24) is 10.2 Å². The highest BCUT2D eigenvalue weighted by molar-refractivity contribution is 5.74. The van der Waals surface area contributed by atoms with Gasteiger partial charge in [0.2, 0.25) is 0 Å². The summed E-state index contributed by atoms with van der Waals surface area (Å²) >= 11 is 0. The van der Waals surface area contributed by atoms with E-state index in [1.54, 1.807) is 6.92 Å². The summed E-state index contributed by atoms with van der Waals surface area (Å²) in [7, 11) is 0. The molecule has 0 spiro atoms. The maximum absolute atomic E-state index is 12.5. The monoisotopic (exact) mass is 436 g/mol. The first kappa shape index (κ1) is 26.8. The van der Waals surface area contributed by atoms with E-state index < -0.39 is 12.1 Å². The van der Waals surface area contributed by atoms with Crippen molar-refractivity contribution in [2.75, 3.05) is 32.8 Å². The minimum atomic E-state index is -0.961. The van der Waals surface area contributed by atoms with E-state index in [9.17, 15) is 14.7 Å². The van der Waals surface area contributed by atoms with Gasteiger partial charge in [-0.15, -0.1) is 0 Å². The smallest absolute Gasteiger partial charge is 0.333 e. The van der Waals surface area contributed by atoms with Crippen molar-refractivity contribution >= 4 is 12.0 Å². The van der Waals surface area contributed by atoms with Gasteiger partial charge in [0.05, 0.1) is 6.54 Å². The molecule has 0 fully saturated rings. The number of carbonyl (C=O) groups excluding carboxylic acids is 1. The lowest BCUT2D eigenvalue weighted by atomic mass is 10.1. The molecule has 1 aromatic rings. The Morgan fingerprint density at radius 2 is 1.81 bits per heavy atom. The van der Waals surface area contributed by atoms with Crippen LogP contribution in [0.5, 0.6) is 5.75 Å². The van der Waals surface area contributed by atoms with Gasteiger partial charge < -0.3 is 24.8 Å². The summed E-state index contributed by atoms with van der Waals surface area (Å²) in [5.41, 5.74) is 0.874. The molecule has 0 saturated heterocycles. The number of carboxylic acid groups (broad SMARTS) is 1. The molecule has 0 aromatic heterocycles. The number of carbonyl (C=O) groups is 2. The van der Waals surface area contributed by atoms with Gasteiger partial charge in [-0.2, -0.15) is 0 Å². The summed E-state index contributed by atoms with van der Waals surface area (Å²) in [5.74, 6) is 0.348. The summed E-state index contributed by atoms with van der Waals surface area (Å²) in [5, 5.41) is 12.2. The van der Waals surface area contributed by atoms with Crippen molar-refractivity contribution in [2.24, 2.45) is 5.92 Å². The van der Waals surface area contributed by atoms with Crippen LogP contribution >= 0.6 is 0 Å². The average molecular weight is 437 g/mol. The van der Waals surface area contributed by atoms with Gasteiger partial charge in [0, 0.05) is 26.1 Å². The lowest BCUT2D eigenvalue weighted by molar-refractivity contribution is -0.149. The number of unbranched alkanes of at least 4 members (excludes halogenated alkanes) is 1. The number of nitrogens with zero attached hydrogens (tertiary/aromatic N) is 1. The van der Waals surface area contributed by atoms with Gasteiger partial charge in [0.15, 0.2) is 6.10 Å². The minimum Gasteiger partial charge on any atom is -0.492 e. The molecule has 0 aliphatic carbocycles. The molecule has 1 unspecified atom stereocenters. The van der Waals surface area contributed by atoms with Crippen LogP contribution in [-0.2, 0) is 16.0 Å². The van der Waals surface area contributed by atoms with Crippen molar-refractivity contribution in [3.8, 4) is 5.75 Å². The number of amides is 2. The van der Waals surface area contributed by atoms with Crippen LogP contribution in [0, 0.1) is 5.92 Å². The Bertz CT molecular complexity index is 633. The Labute approximate surface area is 187 Å². The number of hydrogen-bond acceptors (Lipinski definition) is 4. The number of hydrogen-bond donors (Lipinski definition) is 2. The molecule has 0 bridgehead atoms. The zero-order chi connectivity index (χ0) is 23.1. The van der Waals surface area contributed by atoms with Crippen molar-refractivity contribution in [2.45, 2.75) is 65.9 Å². The zero-order valence-corrected chi connectivity index (χ0v) is 19.6. The lowest BCUT2D eigenvalue weighted by Crippen LogP contribution is -2.43. The normalized spacial score (nSPS) is 11.9. The van der Waals surface area contributed by atoms with Crippen LogP contribution in [0.1, 0.15) is 58.9 Å². The number of nitrogens with one attached hydrogen (secondary N) is 1. The average Bonchev–Trinajstić information content (AvgIpc) is 2.73. The molecule has 0 radical (unpaired) electrons. The predicted octanol–water partition coefficient (Wildman–Crippen LogP) is 4.35. The van der Waals surface area contributed by atoms with E-state index in [2.05, 4.69) is 26.1 Å². The summed E-state index contributed by atoms with van der Waals surface area (Å²) in [6, 6.07) is 7.31. The van der Waals surface area contributed by atoms with Crippen molar-refractivity contribution in [3.05, 3.63) is 29.8 Å². The Kier molecular flexibility index (Phi) is 13.4. The lowest BCUT2D eigenvalue weighted by Gasteiger charge is -2.23. The molecular weight excluding hydrogens is 396 g/mol. The number of carboxylic acids is 1. The molecule has 0 saturated carbocycles. The summed E-state index contributed by atoms with van der Waals surface area (Å²) in [6.07, 6.45) is 3.54.